The Balaban J connectivity index is 1.92. The summed E-state index contributed by atoms with van der Waals surface area (Å²) >= 11 is 0. The molecule has 0 aliphatic carbocycles. The number of aromatic nitrogens is 4. The molecular weight excluding hydrogens is 330 g/mol. The zero-order valence-electron chi connectivity index (χ0n) is 15.4. The normalized spacial score (nSPS) is 10.8. The van der Waals surface area contributed by atoms with Crippen molar-refractivity contribution in [1.82, 2.24) is 25.0 Å². The zero-order valence-corrected chi connectivity index (χ0v) is 15.4. The van der Waals surface area contributed by atoms with Gasteiger partial charge in [-0.3, -0.25) is 9.78 Å². The van der Waals surface area contributed by atoms with Gasteiger partial charge in [-0.05, 0) is 31.5 Å². The highest BCUT2D eigenvalue weighted by molar-refractivity contribution is 5.96. The van der Waals surface area contributed by atoms with Gasteiger partial charge in [0, 0.05) is 37.6 Å². The van der Waals surface area contributed by atoms with Crippen LogP contribution in [0.5, 0.6) is 0 Å². The second-order valence-corrected chi connectivity index (χ2v) is 6.09. The lowest BCUT2D eigenvalue weighted by Gasteiger charge is -2.19. The maximum atomic E-state index is 12.9. The molecule has 0 fully saturated rings. The van der Waals surface area contributed by atoms with Crippen LogP contribution in [0.25, 0.3) is 11.1 Å². The van der Waals surface area contributed by atoms with Crippen LogP contribution in [-0.4, -0.2) is 38.0 Å². The molecular formula is C19H21N5O2. The van der Waals surface area contributed by atoms with Crippen LogP contribution in [-0.2, 0) is 13.0 Å². The standard InChI is InChI=1S/C19H21N5O2/c1-5-17-18(12(2)23-26-17)19(25)24(4)11-16-15(10-21-13(3)22-16)14-6-8-20-9-7-14/h6-10H,5,11H2,1-4H3. The minimum atomic E-state index is -0.127. The van der Waals surface area contributed by atoms with E-state index < -0.39 is 0 Å². The fraction of sp³-hybridized carbons (Fsp3) is 0.316. The van der Waals surface area contributed by atoms with Gasteiger partial charge in [-0.1, -0.05) is 12.1 Å². The molecule has 0 aromatic carbocycles. The van der Waals surface area contributed by atoms with Crippen LogP contribution < -0.4 is 0 Å². The topological polar surface area (TPSA) is 85.0 Å². The smallest absolute Gasteiger partial charge is 0.259 e. The molecule has 7 nitrogen and oxygen atoms in total. The summed E-state index contributed by atoms with van der Waals surface area (Å²) in [6.45, 7) is 5.90. The third-order valence-corrected chi connectivity index (χ3v) is 4.18. The molecule has 134 valence electrons. The van der Waals surface area contributed by atoms with Crippen LogP contribution in [0.3, 0.4) is 0 Å². The number of hydrogen-bond acceptors (Lipinski definition) is 6. The van der Waals surface area contributed by atoms with Crippen molar-refractivity contribution in [3.63, 3.8) is 0 Å². The summed E-state index contributed by atoms with van der Waals surface area (Å²) < 4.78 is 5.25. The average molecular weight is 351 g/mol. The minimum absolute atomic E-state index is 0.127. The van der Waals surface area contributed by atoms with E-state index >= 15 is 0 Å². The Kier molecular flexibility index (Phi) is 5.06. The van der Waals surface area contributed by atoms with E-state index in [-0.39, 0.29) is 5.91 Å². The summed E-state index contributed by atoms with van der Waals surface area (Å²) in [5.41, 5.74) is 3.77. The maximum absolute atomic E-state index is 12.9. The molecule has 0 saturated carbocycles. The monoisotopic (exact) mass is 351 g/mol. The summed E-state index contributed by atoms with van der Waals surface area (Å²) in [4.78, 5) is 27.4. The number of carbonyl (C=O) groups excluding carboxylic acids is 1. The summed E-state index contributed by atoms with van der Waals surface area (Å²) in [7, 11) is 1.75. The first-order chi connectivity index (χ1) is 12.5. The van der Waals surface area contributed by atoms with Gasteiger partial charge in [-0.15, -0.1) is 0 Å². The third kappa shape index (κ3) is 3.46. The lowest BCUT2D eigenvalue weighted by molar-refractivity contribution is 0.0780. The van der Waals surface area contributed by atoms with Gasteiger partial charge in [0.15, 0.2) is 0 Å². The molecule has 3 aromatic heterocycles. The van der Waals surface area contributed by atoms with E-state index in [1.165, 1.54) is 0 Å². The molecule has 3 aromatic rings. The van der Waals surface area contributed by atoms with E-state index in [4.69, 9.17) is 4.52 Å². The Labute approximate surface area is 152 Å². The first-order valence-corrected chi connectivity index (χ1v) is 8.44. The van der Waals surface area contributed by atoms with Gasteiger partial charge < -0.3 is 9.42 Å². The molecule has 0 aliphatic rings. The Bertz CT molecular complexity index is 921. The third-order valence-electron chi connectivity index (χ3n) is 4.18. The van der Waals surface area contributed by atoms with Crippen LogP contribution in [0.1, 0.15) is 40.3 Å². The predicted molar refractivity (Wildman–Crippen MR) is 96.4 cm³/mol. The van der Waals surface area contributed by atoms with Gasteiger partial charge in [0.25, 0.3) is 5.91 Å². The molecule has 3 rings (SSSR count). The van der Waals surface area contributed by atoms with E-state index in [0.29, 0.717) is 35.8 Å². The van der Waals surface area contributed by atoms with Crippen LogP contribution in [0.15, 0.2) is 35.2 Å². The Morgan fingerprint density at radius 2 is 1.96 bits per heavy atom. The Hall–Kier alpha value is -3.09. The van der Waals surface area contributed by atoms with E-state index in [0.717, 1.165) is 16.8 Å². The lowest BCUT2D eigenvalue weighted by Crippen LogP contribution is -2.28. The summed E-state index contributed by atoms with van der Waals surface area (Å²) in [6, 6.07) is 3.80. The average Bonchev–Trinajstić information content (AvgIpc) is 3.02. The molecule has 0 unspecified atom stereocenters. The first-order valence-electron chi connectivity index (χ1n) is 8.44. The molecule has 0 saturated heterocycles. The minimum Gasteiger partial charge on any atom is -0.360 e. The van der Waals surface area contributed by atoms with E-state index in [9.17, 15) is 4.79 Å². The molecule has 0 N–H and O–H groups in total. The lowest BCUT2D eigenvalue weighted by atomic mass is 10.1. The Morgan fingerprint density at radius 3 is 2.65 bits per heavy atom. The van der Waals surface area contributed by atoms with E-state index in [2.05, 4.69) is 20.1 Å². The van der Waals surface area contributed by atoms with Crippen molar-refractivity contribution in [2.75, 3.05) is 7.05 Å². The highest BCUT2D eigenvalue weighted by atomic mass is 16.5. The number of aryl methyl sites for hydroxylation is 3. The van der Waals surface area contributed by atoms with Gasteiger partial charge in [0.2, 0.25) is 0 Å². The number of pyridine rings is 1. The number of rotatable bonds is 5. The summed E-state index contributed by atoms with van der Waals surface area (Å²) in [5.74, 6) is 1.14. The molecule has 26 heavy (non-hydrogen) atoms. The quantitative estimate of drug-likeness (QED) is 0.702. The maximum Gasteiger partial charge on any atom is 0.259 e. The van der Waals surface area contributed by atoms with Gasteiger partial charge in [0.1, 0.15) is 17.1 Å². The first kappa shape index (κ1) is 17.7. The van der Waals surface area contributed by atoms with Crippen molar-refractivity contribution in [2.45, 2.75) is 33.7 Å². The number of nitrogens with zero attached hydrogens (tertiary/aromatic N) is 5. The van der Waals surface area contributed by atoms with Crippen molar-refractivity contribution in [3.8, 4) is 11.1 Å². The van der Waals surface area contributed by atoms with E-state index in [1.807, 2.05) is 26.0 Å². The largest absolute Gasteiger partial charge is 0.360 e. The summed E-state index contributed by atoms with van der Waals surface area (Å²) in [6.07, 6.45) is 5.85. The molecule has 0 spiro atoms. The fourth-order valence-electron chi connectivity index (χ4n) is 2.83. The van der Waals surface area contributed by atoms with Gasteiger partial charge in [-0.2, -0.15) is 0 Å². The second kappa shape index (κ2) is 7.43. The SMILES string of the molecule is CCc1onc(C)c1C(=O)N(C)Cc1nc(C)ncc1-c1ccncc1. The number of amides is 1. The highest BCUT2D eigenvalue weighted by Gasteiger charge is 2.23. The van der Waals surface area contributed by atoms with Gasteiger partial charge in [0.05, 0.1) is 17.9 Å². The van der Waals surface area contributed by atoms with Gasteiger partial charge >= 0.3 is 0 Å². The molecule has 3 heterocycles. The molecule has 0 atom stereocenters. The second-order valence-electron chi connectivity index (χ2n) is 6.09. The molecule has 0 aliphatic heterocycles. The molecule has 7 heteroatoms. The van der Waals surface area contributed by atoms with Crippen molar-refractivity contribution in [3.05, 3.63) is 59.3 Å². The zero-order chi connectivity index (χ0) is 18.7. The van der Waals surface area contributed by atoms with Crippen LogP contribution in [0, 0.1) is 13.8 Å². The molecule has 0 bridgehead atoms. The van der Waals surface area contributed by atoms with Crippen LogP contribution >= 0.6 is 0 Å². The fourth-order valence-corrected chi connectivity index (χ4v) is 2.83. The molecule has 1 amide bonds. The number of hydrogen-bond donors (Lipinski definition) is 0. The van der Waals surface area contributed by atoms with Crippen molar-refractivity contribution in [2.24, 2.45) is 0 Å². The van der Waals surface area contributed by atoms with Gasteiger partial charge in [-0.25, -0.2) is 9.97 Å². The van der Waals surface area contributed by atoms with E-state index in [1.54, 1.807) is 37.5 Å². The highest BCUT2D eigenvalue weighted by Crippen LogP contribution is 2.23. The van der Waals surface area contributed by atoms with Crippen molar-refractivity contribution >= 4 is 5.91 Å². The predicted octanol–water partition coefficient (Wildman–Crippen LogP) is 2.98. The summed E-state index contributed by atoms with van der Waals surface area (Å²) in [5, 5.41) is 3.92. The Morgan fingerprint density at radius 1 is 1.23 bits per heavy atom. The van der Waals surface area contributed by atoms with Crippen LogP contribution in [0.4, 0.5) is 0 Å². The van der Waals surface area contributed by atoms with Crippen molar-refractivity contribution < 1.29 is 9.32 Å². The van der Waals surface area contributed by atoms with Crippen LogP contribution in [0.2, 0.25) is 0 Å². The van der Waals surface area contributed by atoms with Crippen molar-refractivity contribution in [1.29, 1.82) is 0 Å². The number of carbonyl (C=O) groups is 1. The molecule has 0 radical (unpaired) electrons.